The van der Waals surface area contributed by atoms with E-state index in [0.29, 0.717) is 3.57 Å². The van der Waals surface area contributed by atoms with Gasteiger partial charge in [0.1, 0.15) is 5.82 Å². The lowest BCUT2D eigenvalue weighted by Crippen LogP contribution is -1.75. The van der Waals surface area contributed by atoms with Crippen molar-refractivity contribution in [1.29, 1.82) is 5.26 Å². The zero-order valence-electron chi connectivity index (χ0n) is 5.09. The molecule has 10 heavy (non-hydrogen) atoms. The third-order valence-electron chi connectivity index (χ3n) is 0.824. The van der Waals surface area contributed by atoms with Gasteiger partial charge in [0.2, 0.25) is 0 Å². The lowest BCUT2D eigenvalue weighted by atomic mass is 10.4. The molecule has 0 N–H and O–H groups in total. The first kappa shape index (κ1) is 9.37. The summed E-state index contributed by atoms with van der Waals surface area (Å²) >= 11 is 1.95. The van der Waals surface area contributed by atoms with Gasteiger partial charge in [0.15, 0.2) is 0 Å². The summed E-state index contributed by atoms with van der Waals surface area (Å²) in [7, 11) is 0. The molecule has 0 spiro atoms. The molecule has 0 saturated heterocycles. The fourth-order valence-corrected chi connectivity index (χ4v) is 0.827. The van der Waals surface area contributed by atoms with Crippen molar-refractivity contribution in [1.82, 2.24) is 0 Å². The van der Waals surface area contributed by atoms with E-state index in [1.54, 1.807) is 12.1 Å². The van der Waals surface area contributed by atoms with Crippen LogP contribution in [0.1, 0.15) is 0 Å². The Balaban J connectivity index is 0.000000371. The highest BCUT2D eigenvalue weighted by Crippen LogP contribution is 2.07. The molecular weight excluding hydrogens is 244 g/mol. The van der Waals surface area contributed by atoms with Crippen LogP contribution in [0, 0.1) is 21.2 Å². The maximum atomic E-state index is 12.3. The Morgan fingerprint density at radius 2 is 1.80 bits per heavy atom. The normalized spacial score (nSPS) is 7.60. The van der Waals surface area contributed by atoms with Gasteiger partial charge in [-0.2, -0.15) is 0 Å². The van der Waals surface area contributed by atoms with Crippen molar-refractivity contribution in [2.75, 3.05) is 0 Å². The Morgan fingerprint density at radius 1 is 1.30 bits per heavy atom. The van der Waals surface area contributed by atoms with Crippen LogP contribution in [-0.2, 0) is 0 Å². The second kappa shape index (κ2) is 5.18. The number of halogens is 2. The van der Waals surface area contributed by atoms with E-state index >= 15 is 0 Å². The highest BCUT2D eigenvalue weighted by Gasteiger charge is 1.90. The highest BCUT2D eigenvalue weighted by molar-refractivity contribution is 14.1. The first-order valence-electron chi connectivity index (χ1n) is 2.46. The minimum absolute atomic E-state index is 0.145. The monoisotopic (exact) mass is 249 g/mol. The van der Waals surface area contributed by atoms with Crippen LogP contribution in [0.15, 0.2) is 24.3 Å². The first-order valence-corrected chi connectivity index (χ1v) is 3.54. The molecule has 1 aromatic carbocycles. The Labute approximate surface area is 72.6 Å². The van der Waals surface area contributed by atoms with Gasteiger partial charge < -0.3 is 0 Å². The number of hydrogen-bond donors (Lipinski definition) is 0. The van der Waals surface area contributed by atoms with Gasteiger partial charge >= 0.3 is 0 Å². The molecular formula is C7H5FIN. The van der Waals surface area contributed by atoms with Crippen molar-refractivity contribution in [3.05, 3.63) is 33.7 Å². The van der Waals surface area contributed by atoms with Crippen LogP contribution in [0.2, 0.25) is 0 Å². The predicted octanol–water partition coefficient (Wildman–Crippen LogP) is 2.57. The first-order chi connectivity index (χ1) is 4.80. The van der Waals surface area contributed by atoms with Gasteiger partial charge in [-0.25, -0.2) is 9.65 Å². The number of hydrogen-bond acceptors (Lipinski definition) is 1. The molecule has 0 heterocycles. The van der Waals surface area contributed by atoms with Gasteiger partial charge in [-0.15, -0.1) is 0 Å². The quantitative estimate of drug-likeness (QED) is 0.648. The molecule has 3 heteroatoms. The molecule has 0 aliphatic heterocycles. The summed E-state index contributed by atoms with van der Waals surface area (Å²) in [6.45, 7) is 3.50. The fourth-order valence-electron chi connectivity index (χ4n) is 0.439. The van der Waals surface area contributed by atoms with E-state index in [9.17, 15) is 4.39 Å². The summed E-state index contributed by atoms with van der Waals surface area (Å²) in [4.78, 5) is 0. The van der Waals surface area contributed by atoms with Crippen molar-refractivity contribution in [3.8, 4) is 6.57 Å². The summed E-state index contributed by atoms with van der Waals surface area (Å²) in [6.07, 6.45) is 0. The maximum absolute atomic E-state index is 12.3. The van der Waals surface area contributed by atoms with Crippen LogP contribution in [0.5, 0.6) is 0 Å². The molecule has 0 amide bonds. The fraction of sp³-hybridized carbons (Fsp3) is 0. The van der Waals surface area contributed by atoms with Crippen LogP contribution >= 0.6 is 22.6 Å². The zero-order chi connectivity index (χ0) is 7.98. The lowest BCUT2D eigenvalue weighted by Gasteiger charge is -1.87. The molecule has 52 valence electrons. The number of nitriles is 1. The molecule has 0 aliphatic rings. The Kier molecular flexibility index (Phi) is 4.85. The third-order valence-corrected chi connectivity index (χ3v) is 1.70. The zero-order valence-corrected chi connectivity index (χ0v) is 7.25. The van der Waals surface area contributed by atoms with Crippen LogP contribution in [0.4, 0.5) is 4.39 Å². The van der Waals surface area contributed by atoms with E-state index in [2.05, 4.69) is 6.57 Å². The molecule has 1 rings (SSSR count). The van der Waals surface area contributed by atoms with E-state index in [1.807, 2.05) is 28.7 Å². The molecule has 0 atom stereocenters. The molecule has 1 nitrogen and oxygen atoms in total. The number of nitrogens with zero attached hydrogens (tertiary/aromatic N) is 1. The van der Waals surface area contributed by atoms with Gasteiger partial charge in [0.05, 0.1) is 0 Å². The number of rotatable bonds is 0. The van der Waals surface area contributed by atoms with Gasteiger partial charge in [-0.1, -0.05) is 12.1 Å². The molecule has 0 fully saturated rings. The van der Waals surface area contributed by atoms with Crippen LogP contribution in [0.25, 0.3) is 0 Å². The van der Waals surface area contributed by atoms with Crippen LogP contribution < -0.4 is 0 Å². The standard InChI is InChI=1S/C6H4FI.CHN/c7-5-3-1-2-4-6(5)8;1-2/h1-4H;1H. The van der Waals surface area contributed by atoms with Gasteiger partial charge in [-0.3, -0.25) is 0 Å². The minimum atomic E-state index is -0.145. The van der Waals surface area contributed by atoms with E-state index in [0.717, 1.165) is 0 Å². The van der Waals surface area contributed by atoms with E-state index in [-0.39, 0.29) is 5.82 Å². The van der Waals surface area contributed by atoms with E-state index in [1.165, 1.54) is 6.07 Å². The highest BCUT2D eigenvalue weighted by atomic mass is 127. The van der Waals surface area contributed by atoms with Gasteiger partial charge in [-0.05, 0) is 34.7 Å². The summed E-state index contributed by atoms with van der Waals surface area (Å²) in [5.74, 6) is -0.145. The summed E-state index contributed by atoms with van der Waals surface area (Å²) in [5, 5.41) is 6.50. The van der Waals surface area contributed by atoms with Crippen LogP contribution in [0.3, 0.4) is 0 Å². The summed E-state index contributed by atoms with van der Waals surface area (Å²) in [5.41, 5.74) is 0. The number of benzene rings is 1. The Hall–Kier alpha value is -0.630. The van der Waals surface area contributed by atoms with E-state index < -0.39 is 0 Å². The molecule has 0 aliphatic carbocycles. The Morgan fingerprint density at radius 3 is 2.10 bits per heavy atom. The maximum Gasteiger partial charge on any atom is 0.136 e. The smallest absolute Gasteiger partial charge is 0.136 e. The predicted molar refractivity (Wildman–Crippen MR) is 45.8 cm³/mol. The molecule has 0 unspecified atom stereocenters. The van der Waals surface area contributed by atoms with Gasteiger partial charge in [0.25, 0.3) is 0 Å². The lowest BCUT2D eigenvalue weighted by molar-refractivity contribution is 0.620. The van der Waals surface area contributed by atoms with Crippen molar-refractivity contribution < 1.29 is 4.39 Å². The van der Waals surface area contributed by atoms with Crippen molar-refractivity contribution in [2.24, 2.45) is 0 Å². The van der Waals surface area contributed by atoms with Crippen LogP contribution in [-0.4, -0.2) is 0 Å². The second-order valence-electron chi connectivity index (χ2n) is 1.41. The van der Waals surface area contributed by atoms with Crippen molar-refractivity contribution in [2.45, 2.75) is 0 Å². The average molecular weight is 249 g/mol. The minimum Gasteiger partial charge on any atom is -0.206 e. The van der Waals surface area contributed by atoms with Gasteiger partial charge in [0, 0.05) is 10.1 Å². The average Bonchev–Trinajstić information content (AvgIpc) is 2.00. The van der Waals surface area contributed by atoms with E-state index in [4.69, 9.17) is 5.26 Å². The largest absolute Gasteiger partial charge is 0.206 e. The van der Waals surface area contributed by atoms with Crippen molar-refractivity contribution in [3.63, 3.8) is 0 Å². The second-order valence-corrected chi connectivity index (χ2v) is 2.58. The summed E-state index contributed by atoms with van der Waals surface area (Å²) in [6, 6.07) is 6.67. The molecule has 1 aromatic rings. The third kappa shape index (κ3) is 2.78. The summed E-state index contributed by atoms with van der Waals surface area (Å²) < 4.78 is 13.0. The van der Waals surface area contributed by atoms with Crippen molar-refractivity contribution >= 4 is 22.6 Å². The molecule has 0 radical (unpaired) electrons. The molecule has 0 aromatic heterocycles. The Bertz CT molecular complexity index is 201. The topological polar surface area (TPSA) is 23.8 Å². The molecule has 0 saturated carbocycles. The SMILES string of the molecule is C#N.Fc1ccccc1I. The molecule has 0 bridgehead atoms.